The van der Waals surface area contributed by atoms with E-state index in [2.05, 4.69) is 5.32 Å². The van der Waals surface area contributed by atoms with Gasteiger partial charge < -0.3 is 15.2 Å². The first kappa shape index (κ1) is 15.5. The number of benzene rings is 2. The fourth-order valence-corrected chi connectivity index (χ4v) is 2.15. The maximum absolute atomic E-state index is 13.6. The van der Waals surface area contributed by atoms with E-state index in [0.717, 1.165) is 11.3 Å². The molecule has 21 heavy (non-hydrogen) atoms. The van der Waals surface area contributed by atoms with Gasteiger partial charge in [0.25, 0.3) is 0 Å². The Kier molecular flexibility index (Phi) is 5.31. The van der Waals surface area contributed by atoms with Crippen molar-refractivity contribution in [3.8, 4) is 5.75 Å². The van der Waals surface area contributed by atoms with E-state index in [1.54, 1.807) is 25.3 Å². The van der Waals surface area contributed by atoms with Gasteiger partial charge in [0, 0.05) is 18.2 Å². The van der Waals surface area contributed by atoms with Crippen LogP contribution >= 0.6 is 0 Å². The van der Waals surface area contributed by atoms with Crippen molar-refractivity contribution < 1.29 is 14.2 Å². The Bertz CT molecular complexity index is 571. The molecule has 0 radical (unpaired) electrons. The lowest BCUT2D eigenvalue weighted by Gasteiger charge is -2.18. The summed E-state index contributed by atoms with van der Waals surface area (Å²) < 4.78 is 18.7. The molecular formula is C17H20FNO2. The number of hydrogen-bond donors (Lipinski definition) is 2. The average Bonchev–Trinajstić information content (AvgIpc) is 2.52. The first-order chi connectivity index (χ1) is 10.1. The molecule has 1 unspecified atom stereocenters. The molecule has 0 aliphatic carbocycles. The van der Waals surface area contributed by atoms with Crippen molar-refractivity contribution in [1.82, 2.24) is 5.32 Å². The van der Waals surface area contributed by atoms with Gasteiger partial charge in [0.15, 0.2) is 0 Å². The number of methoxy groups -OCH3 is 1. The Balaban J connectivity index is 1.94. The van der Waals surface area contributed by atoms with Crippen molar-refractivity contribution in [2.75, 3.05) is 13.7 Å². The number of ether oxygens (including phenoxy) is 1. The minimum Gasteiger partial charge on any atom is -0.497 e. The van der Waals surface area contributed by atoms with Gasteiger partial charge in [0.05, 0.1) is 13.2 Å². The van der Waals surface area contributed by atoms with Gasteiger partial charge in [-0.05, 0) is 30.7 Å². The molecule has 0 aliphatic rings. The topological polar surface area (TPSA) is 41.5 Å². The molecular weight excluding hydrogens is 269 g/mol. The number of nitrogens with one attached hydrogen (secondary N) is 1. The Morgan fingerprint density at radius 1 is 1.14 bits per heavy atom. The van der Waals surface area contributed by atoms with Crippen LogP contribution in [0.15, 0.2) is 48.5 Å². The summed E-state index contributed by atoms with van der Waals surface area (Å²) in [6.45, 7) is 2.28. The summed E-state index contributed by atoms with van der Waals surface area (Å²) in [5, 5.41) is 13.3. The standard InChI is InChI=1S/C17H20FNO2/c1-12(13-7-9-14(21-2)10-8-13)19-11-17(20)15-5-3-4-6-16(15)18/h3-10,12,17,19-20H,11H2,1-2H3/t12-,17?/m1/s1. The number of halogens is 1. The lowest BCUT2D eigenvalue weighted by molar-refractivity contribution is 0.166. The van der Waals surface area contributed by atoms with Crippen molar-refractivity contribution in [2.24, 2.45) is 0 Å². The zero-order chi connectivity index (χ0) is 15.2. The zero-order valence-electron chi connectivity index (χ0n) is 12.2. The number of aliphatic hydroxyl groups excluding tert-OH is 1. The molecule has 0 saturated carbocycles. The molecule has 0 amide bonds. The van der Waals surface area contributed by atoms with Crippen LogP contribution in [-0.2, 0) is 0 Å². The van der Waals surface area contributed by atoms with Gasteiger partial charge in [-0.15, -0.1) is 0 Å². The minimum atomic E-state index is -0.869. The normalized spacial score (nSPS) is 13.7. The second kappa shape index (κ2) is 7.20. The molecule has 2 atom stereocenters. The molecule has 0 fully saturated rings. The molecule has 0 spiro atoms. The van der Waals surface area contributed by atoms with E-state index in [1.165, 1.54) is 6.07 Å². The Morgan fingerprint density at radius 2 is 1.81 bits per heavy atom. The molecule has 0 bridgehead atoms. The summed E-state index contributed by atoms with van der Waals surface area (Å²) in [6, 6.07) is 14.0. The highest BCUT2D eigenvalue weighted by molar-refractivity contribution is 5.29. The minimum absolute atomic E-state index is 0.0531. The van der Waals surface area contributed by atoms with Crippen LogP contribution in [0.1, 0.15) is 30.2 Å². The van der Waals surface area contributed by atoms with Crippen LogP contribution in [0.2, 0.25) is 0 Å². The fourth-order valence-electron chi connectivity index (χ4n) is 2.15. The van der Waals surface area contributed by atoms with Crippen LogP contribution in [0, 0.1) is 5.82 Å². The van der Waals surface area contributed by atoms with Crippen molar-refractivity contribution >= 4 is 0 Å². The molecule has 0 heterocycles. The van der Waals surface area contributed by atoms with Crippen LogP contribution in [0.5, 0.6) is 5.75 Å². The number of hydrogen-bond acceptors (Lipinski definition) is 3. The van der Waals surface area contributed by atoms with Gasteiger partial charge in [-0.25, -0.2) is 4.39 Å². The van der Waals surface area contributed by atoms with E-state index in [4.69, 9.17) is 4.74 Å². The van der Waals surface area contributed by atoms with Gasteiger partial charge in [0.2, 0.25) is 0 Å². The van der Waals surface area contributed by atoms with E-state index in [1.807, 2.05) is 31.2 Å². The summed E-state index contributed by atoms with van der Waals surface area (Å²) >= 11 is 0. The SMILES string of the molecule is COc1ccc([C@@H](C)NCC(O)c2ccccc2F)cc1. The predicted molar refractivity (Wildman–Crippen MR) is 80.8 cm³/mol. The van der Waals surface area contributed by atoms with Crippen molar-refractivity contribution in [1.29, 1.82) is 0 Å². The monoisotopic (exact) mass is 289 g/mol. The van der Waals surface area contributed by atoms with Crippen LogP contribution in [-0.4, -0.2) is 18.8 Å². The highest BCUT2D eigenvalue weighted by Gasteiger charge is 2.13. The summed E-state index contributed by atoms with van der Waals surface area (Å²) in [5.41, 5.74) is 1.39. The molecule has 0 aliphatic heterocycles. The van der Waals surface area contributed by atoms with Crippen LogP contribution < -0.4 is 10.1 Å². The summed E-state index contributed by atoms with van der Waals surface area (Å²) in [6.07, 6.45) is -0.869. The second-order valence-corrected chi connectivity index (χ2v) is 4.94. The van der Waals surface area contributed by atoms with Gasteiger partial charge in [-0.2, -0.15) is 0 Å². The summed E-state index contributed by atoms with van der Waals surface area (Å²) in [4.78, 5) is 0. The van der Waals surface area contributed by atoms with Gasteiger partial charge in [0.1, 0.15) is 11.6 Å². The van der Waals surface area contributed by atoms with E-state index in [9.17, 15) is 9.50 Å². The van der Waals surface area contributed by atoms with Crippen LogP contribution in [0.4, 0.5) is 4.39 Å². The van der Waals surface area contributed by atoms with Gasteiger partial charge >= 0.3 is 0 Å². The molecule has 2 rings (SSSR count). The highest BCUT2D eigenvalue weighted by Crippen LogP contribution is 2.19. The largest absolute Gasteiger partial charge is 0.497 e. The maximum Gasteiger partial charge on any atom is 0.129 e. The number of aliphatic hydroxyl groups is 1. The lowest BCUT2D eigenvalue weighted by Crippen LogP contribution is -2.25. The third kappa shape index (κ3) is 4.03. The van der Waals surface area contributed by atoms with Crippen molar-refractivity contribution in [2.45, 2.75) is 19.1 Å². The van der Waals surface area contributed by atoms with Crippen LogP contribution in [0.25, 0.3) is 0 Å². The second-order valence-electron chi connectivity index (χ2n) is 4.94. The van der Waals surface area contributed by atoms with Crippen molar-refractivity contribution in [3.05, 3.63) is 65.5 Å². The summed E-state index contributed by atoms with van der Waals surface area (Å²) in [5.74, 6) is 0.418. The smallest absolute Gasteiger partial charge is 0.129 e. The maximum atomic E-state index is 13.6. The molecule has 4 heteroatoms. The average molecular weight is 289 g/mol. The van der Waals surface area contributed by atoms with E-state index in [-0.39, 0.29) is 18.4 Å². The molecule has 0 aromatic heterocycles. The first-order valence-electron chi connectivity index (χ1n) is 6.91. The zero-order valence-corrected chi connectivity index (χ0v) is 12.2. The third-order valence-corrected chi connectivity index (χ3v) is 3.50. The van der Waals surface area contributed by atoms with E-state index in [0.29, 0.717) is 5.56 Å². The number of rotatable bonds is 6. The molecule has 0 saturated heterocycles. The molecule has 3 nitrogen and oxygen atoms in total. The Morgan fingerprint density at radius 3 is 2.43 bits per heavy atom. The van der Waals surface area contributed by atoms with Crippen molar-refractivity contribution in [3.63, 3.8) is 0 Å². The Labute approximate surface area is 124 Å². The third-order valence-electron chi connectivity index (χ3n) is 3.50. The fraction of sp³-hybridized carbons (Fsp3) is 0.294. The van der Waals surface area contributed by atoms with Gasteiger partial charge in [-0.3, -0.25) is 0 Å². The molecule has 2 N–H and O–H groups in total. The molecule has 112 valence electrons. The highest BCUT2D eigenvalue weighted by atomic mass is 19.1. The quantitative estimate of drug-likeness (QED) is 0.858. The summed E-state index contributed by atoms with van der Waals surface area (Å²) in [7, 11) is 1.63. The van der Waals surface area contributed by atoms with E-state index >= 15 is 0 Å². The Hall–Kier alpha value is -1.91. The van der Waals surface area contributed by atoms with Gasteiger partial charge in [-0.1, -0.05) is 30.3 Å². The van der Waals surface area contributed by atoms with E-state index < -0.39 is 6.10 Å². The lowest BCUT2D eigenvalue weighted by atomic mass is 10.1. The first-order valence-corrected chi connectivity index (χ1v) is 6.91. The predicted octanol–water partition coefficient (Wildman–Crippen LogP) is 3.22. The van der Waals surface area contributed by atoms with Crippen LogP contribution in [0.3, 0.4) is 0 Å². The molecule has 2 aromatic rings. The molecule has 2 aromatic carbocycles.